The van der Waals surface area contributed by atoms with Crippen LogP contribution in [-0.2, 0) is 0 Å². The Morgan fingerprint density at radius 1 is 1.14 bits per heavy atom. The molecule has 0 aromatic heterocycles. The van der Waals surface area contributed by atoms with Crippen molar-refractivity contribution >= 4 is 17.3 Å². The quantitative estimate of drug-likeness (QED) is 0.611. The van der Waals surface area contributed by atoms with E-state index in [0.717, 1.165) is 11.3 Å². The summed E-state index contributed by atoms with van der Waals surface area (Å²) in [6, 6.07) is 8.41. The molecule has 0 saturated carbocycles. The van der Waals surface area contributed by atoms with E-state index in [2.05, 4.69) is 49.1 Å². The molecule has 1 heterocycles. The maximum Gasteiger partial charge on any atom is 0.0164 e. The lowest BCUT2D eigenvalue weighted by Gasteiger charge is -2.06. The molecule has 1 heteroatoms. The van der Waals surface area contributed by atoms with E-state index in [1.54, 1.807) is 0 Å². The molecule has 0 radical (unpaired) electrons. The molecule has 0 nitrogen and oxygen atoms in total. The van der Waals surface area contributed by atoms with Crippen LogP contribution in [0.3, 0.4) is 0 Å². The van der Waals surface area contributed by atoms with Crippen molar-refractivity contribution in [2.24, 2.45) is 0 Å². The molecule has 0 fully saturated rings. The molecule has 70 valence electrons. The van der Waals surface area contributed by atoms with E-state index < -0.39 is 0 Å². The van der Waals surface area contributed by atoms with Gasteiger partial charge in [-0.2, -0.15) is 0 Å². The largest absolute Gasteiger partial charge is 0.121 e. The average Bonchev–Trinajstić information content (AvgIpc) is 2.30. The van der Waals surface area contributed by atoms with Crippen LogP contribution in [0.2, 0.25) is 0 Å². The van der Waals surface area contributed by atoms with Crippen LogP contribution in [-0.4, -0.2) is 5.75 Å². The van der Waals surface area contributed by atoms with Gasteiger partial charge in [0, 0.05) is 10.6 Å². The van der Waals surface area contributed by atoms with E-state index in [9.17, 15) is 0 Å². The summed E-state index contributed by atoms with van der Waals surface area (Å²) in [6.07, 6.45) is 8.34. The van der Waals surface area contributed by atoms with E-state index in [4.69, 9.17) is 0 Å². The van der Waals surface area contributed by atoms with Gasteiger partial charge in [-0.3, -0.25) is 0 Å². The van der Waals surface area contributed by atoms with Crippen molar-refractivity contribution in [3.63, 3.8) is 0 Å². The minimum Gasteiger partial charge on any atom is -0.121 e. The van der Waals surface area contributed by atoms with Crippen molar-refractivity contribution in [2.45, 2.75) is 4.90 Å². The third-order valence-electron chi connectivity index (χ3n) is 2.11. The Balaban J connectivity index is 2.45. The molecule has 1 aromatic carbocycles. The van der Waals surface area contributed by atoms with Crippen LogP contribution in [0.25, 0.3) is 5.57 Å². The highest BCUT2D eigenvalue weighted by molar-refractivity contribution is 7.99. The fourth-order valence-electron chi connectivity index (χ4n) is 1.39. The second kappa shape index (κ2) is 4.34. The molecule has 1 aliphatic heterocycles. The summed E-state index contributed by atoms with van der Waals surface area (Å²) in [7, 11) is 0. The number of fused-ring (bicyclic) bond motifs is 1. The fourth-order valence-corrected chi connectivity index (χ4v) is 2.31. The summed E-state index contributed by atoms with van der Waals surface area (Å²) in [5.41, 5.74) is 2.33. The third kappa shape index (κ3) is 1.99. The molecule has 0 amide bonds. The fraction of sp³-hybridized carbons (Fsp3) is 0.0769. The first-order valence-corrected chi connectivity index (χ1v) is 5.61. The number of hydrogen-bond acceptors (Lipinski definition) is 1. The molecule has 0 aliphatic carbocycles. The Bertz CT molecular complexity index is 399. The van der Waals surface area contributed by atoms with Crippen molar-refractivity contribution in [3.8, 4) is 0 Å². The summed E-state index contributed by atoms with van der Waals surface area (Å²) in [5.74, 6) is 1.02. The highest BCUT2D eigenvalue weighted by atomic mass is 32.2. The van der Waals surface area contributed by atoms with Gasteiger partial charge in [-0.25, -0.2) is 0 Å². The molecule has 0 N–H and O–H groups in total. The lowest BCUT2D eigenvalue weighted by Crippen LogP contribution is -1.83. The van der Waals surface area contributed by atoms with Crippen molar-refractivity contribution < 1.29 is 0 Å². The van der Waals surface area contributed by atoms with Crippen LogP contribution in [0.4, 0.5) is 0 Å². The van der Waals surface area contributed by atoms with Crippen molar-refractivity contribution in [1.29, 1.82) is 0 Å². The first-order valence-electron chi connectivity index (χ1n) is 4.62. The Kier molecular flexibility index (Phi) is 2.90. The summed E-state index contributed by atoms with van der Waals surface area (Å²) in [4.78, 5) is 1.31. The predicted molar refractivity (Wildman–Crippen MR) is 64.5 cm³/mol. The first kappa shape index (κ1) is 9.35. The molecule has 0 atom stereocenters. The van der Waals surface area contributed by atoms with E-state index in [-0.39, 0.29) is 0 Å². The maximum atomic E-state index is 4.06. The van der Waals surface area contributed by atoms with E-state index >= 15 is 0 Å². The Hall–Kier alpha value is -1.21. The SMILES string of the molecule is C=C1/C=C\C=C/CSc2ccccc21. The van der Waals surface area contributed by atoms with Crippen molar-refractivity contribution in [2.75, 3.05) is 5.75 Å². The summed E-state index contributed by atoms with van der Waals surface area (Å²) in [6.45, 7) is 4.06. The van der Waals surface area contributed by atoms with Crippen LogP contribution in [0.1, 0.15) is 5.56 Å². The van der Waals surface area contributed by atoms with Gasteiger partial charge in [0.25, 0.3) is 0 Å². The summed E-state index contributed by atoms with van der Waals surface area (Å²) < 4.78 is 0. The van der Waals surface area contributed by atoms with Crippen LogP contribution in [0, 0.1) is 0 Å². The zero-order chi connectivity index (χ0) is 9.80. The van der Waals surface area contributed by atoms with Gasteiger partial charge in [0.1, 0.15) is 0 Å². The predicted octanol–water partition coefficient (Wildman–Crippen LogP) is 3.92. The molecule has 0 unspecified atom stereocenters. The lowest BCUT2D eigenvalue weighted by molar-refractivity contribution is 1.41. The molecule has 1 aliphatic rings. The molecular formula is C13H12S. The molecule has 2 rings (SSSR count). The number of rotatable bonds is 0. The Labute approximate surface area is 89.0 Å². The lowest BCUT2D eigenvalue weighted by atomic mass is 10.1. The van der Waals surface area contributed by atoms with E-state index in [1.165, 1.54) is 10.5 Å². The van der Waals surface area contributed by atoms with Gasteiger partial charge >= 0.3 is 0 Å². The van der Waals surface area contributed by atoms with Gasteiger partial charge < -0.3 is 0 Å². The molecule has 0 saturated heterocycles. The number of hydrogen-bond donors (Lipinski definition) is 0. The maximum absolute atomic E-state index is 4.06. The van der Waals surface area contributed by atoms with Crippen molar-refractivity contribution in [1.82, 2.24) is 0 Å². The van der Waals surface area contributed by atoms with Crippen LogP contribution in [0.15, 0.2) is 60.0 Å². The summed E-state index contributed by atoms with van der Waals surface area (Å²) in [5, 5.41) is 0. The van der Waals surface area contributed by atoms with Gasteiger partial charge in [0.15, 0.2) is 0 Å². The minimum absolute atomic E-state index is 1.02. The monoisotopic (exact) mass is 200 g/mol. The highest BCUT2D eigenvalue weighted by Gasteiger charge is 2.03. The van der Waals surface area contributed by atoms with Crippen LogP contribution < -0.4 is 0 Å². The summed E-state index contributed by atoms with van der Waals surface area (Å²) >= 11 is 1.85. The number of allylic oxidation sites excluding steroid dienone is 4. The van der Waals surface area contributed by atoms with Crippen LogP contribution >= 0.6 is 11.8 Å². The van der Waals surface area contributed by atoms with Gasteiger partial charge in [0.05, 0.1) is 0 Å². The van der Waals surface area contributed by atoms with E-state index in [1.807, 2.05) is 17.8 Å². The number of benzene rings is 1. The molecule has 14 heavy (non-hydrogen) atoms. The number of thioether (sulfide) groups is 1. The highest BCUT2D eigenvalue weighted by Crippen LogP contribution is 2.28. The molecular weight excluding hydrogens is 188 g/mol. The second-order valence-electron chi connectivity index (χ2n) is 3.12. The first-order chi connectivity index (χ1) is 6.88. The standard InChI is InChI=1S/C13H12S/c1-11-7-3-2-6-10-14-13-9-5-4-8-12(11)13/h2-9H,1,10H2/b6-2-,7-3-. The van der Waals surface area contributed by atoms with Gasteiger partial charge in [-0.05, 0) is 17.2 Å². The average molecular weight is 200 g/mol. The third-order valence-corrected chi connectivity index (χ3v) is 3.14. The zero-order valence-corrected chi connectivity index (χ0v) is 8.76. The van der Waals surface area contributed by atoms with Gasteiger partial charge in [-0.1, -0.05) is 49.1 Å². The van der Waals surface area contributed by atoms with E-state index in [0.29, 0.717) is 0 Å². The molecule has 0 spiro atoms. The van der Waals surface area contributed by atoms with Gasteiger partial charge in [0.2, 0.25) is 0 Å². The Morgan fingerprint density at radius 3 is 2.93 bits per heavy atom. The van der Waals surface area contributed by atoms with Gasteiger partial charge in [-0.15, -0.1) is 11.8 Å². The normalized spacial score (nSPS) is 20.1. The molecule has 1 aromatic rings. The van der Waals surface area contributed by atoms with Crippen LogP contribution in [0.5, 0.6) is 0 Å². The van der Waals surface area contributed by atoms with Crippen molar-refractivity contribution in [3.05, 3.63) is 60.7 Å². The Morgan fingerprint density at radius 2 is 2.00 bits per heavy atom. The topological polar surface area (TPSA) is 0 Å². The minimum atomic E-state index is 1.02. The zero-order valence-electron chi connectivity index (χ0n) is 7.94. The molecule has 0 bridgehead atoms. The second-order valence-corrected chi connectivity index (χ2v) is 4.18. The smallest absolute Gasteiger partial charge is 0.0164 e.